The van der Waals surface area contributed by atoms with Crippen molar-refractivity contribution in [2.75, 3.05) is 16.8 Å². The minimum Gasteiger partial charge on any atom is -0.779 e. The van der Waals surface area contributed by atoms with E-state index in [2.05, 4.69) is 145 Å². The molecule has 1 aliphatic rings. The first-order chi connectivity index (χ1) is 50.8. The number of aromatic nitrogens is 2. The van der Waals surface area contributed by atoms with Gasteiger partial charge in [0.15, 0.2) is 0 Å². The Kier molecular flexibility index (Phi) is 34.8. The largest absolute Gasteiger partial charge is 0.779 e. The summed E-state index contributed by atoms with van der Waals surface area (Å²) in [5.74, 6) is -2.94. The first-order valence-corrected chi connectivity index (χ1v) is 36.6. The molecule has 9 N–H and O–H groups in total. The molecule has 109 heavy (non-hydrogen) atoms. The number of carboxylic acids is 2. The number of Topliss-reactive ketones (excluding diaryl/α,β-unsaturated/α-hetero) is 1. The molecule has 13 nitrogen and oxygen atoms in total. The van der Waals surface area contributed by atoms with Gasteiger partial charge in [0.2, 0.25) is 0 Å². The monoisotopic (exact) mass is 1720 g/mol. The molecule has 0 bridgehead atoms. The van der Waals surface area contributed by atoms with Gasteiger partial charge in [-0.2, -0.15) is 4.90 Å². The third kappa shape index (κ3) is 24.5. The van der Waals surface area contributed by atoms with E-state index in [0.717, 1.165) is 78.4 Å². The van der Waals surface area contributed by atoms with E-state index < -0.39 is 30.7 Å². The van der Waals surface area contributed by atoms with Crippen LogP contribution < -0.4 is 22.2 Å². The normalized spacial score (nSPS) is 10.4. The molecule has 16 rings (SSSR count). The number of aromatic carboxylic acids is 2. The number of para-hydroxylation sites is 3. The molecule has 0 radical (unpaired) electrons. The van der Waals surface area contributed by atoms with Gasteiger partial charge in [-0.1, -0.05) is 241 Å². The maximum Gasteiger partial charge on any atom is 0.488 e. The molecular weight excluding hydrogens is 1640 g/mol. The van der Waals surface area contributed by atoms with Crippen LogP contribution in [0.2, 0.25) is 0 Å². The summed E-state index contributed by atoms with van der Waals surface area (Å²) in [5, 5.41) is 39.6. The quantitative estimate of drug-likeness (QED) is 0.0162. The van der Waals surface area contributed by atoms with Crippen molar-refractivity contribution >= 4 is 169 Å². The minimum absolute atomic E-state index is 0. The van der Waals surface area contributed by atoms with Crippen molar-refractivity contribution in [3.8, 4) is 65.6 Å². The molecular formula is C87H78BIN5O8S6Zn-. The summed E-state index contributed by atoms with van der Waals surface area (Å²) in [6, 6.07) is 101. The number of amides is 1. The average molecular weight is 1720 g/mol. The molecule has 0 fully saturated rings. The summed E-state index contributed by atoms with van der Waals surface area (Å²) in [4.78, 5) is 56.5. The number of ketones is 1. The van der Waals surface area contributed by atoms with E-state index in [1.807, 2.05) is 176 Å². The number of carboxylic acid groups (broad SMARTS) is 2. The number of anilines is 3. The first-order valence-electron chi connectivity index (χ1n) is 32.1. The van der Waals surface area contributed by atoms with Crippen LogP contribution >= 0.6 is 83.2 Å². The molecule has 3 heterocycles. The standard InChI is InChI=1S/2C19H13NS2.C13H11NO2.C13H10O2S.C8H4INO2.C6H7BO2.C6H7NS.3CH4.Zn.H2/c2*21-17-11-10-14(13-6-2-1-3-7-13)12-15(17)19-20-16-8-4-5-9-18(16)22-19;14-12-7-6-10(8-11(12)13(15)16)9-4-2-1-3-5-9;14-13(15)11-8-10(6-7-12(11)16)9-4-2-1-3-5-9;9-4-1-2-6-5(3-4)7(11)8(12)10-6;8-7(9)6-4-2-1-3-5-6;7-5-3-1-2-4-6(5)8;;;;;/h2*1-12,21H;1-8H,14H2,(H,15,16);1-8,16H,(H,14,15);1-3H,(H,10,11,12);1-5,8-9H;1-4,8H,7H2;3*1H4;;1H/p-1/i;;;;;;;;;;;1+1. The number of nitrogens with zero attached hydrogens (tertiary/aromatic N) is 2. The molecule has 13 aromatic carbocycles. The Hall–Kier alpha value is -10.1. The van der Waals surface area contributed by atoms with Gasteiger partial charge in [-0.25, -0.2) is 19.6 Å². The number of carbonyl (C=O) groups excluding carboxylic acids is 2. The third-order valence-corrected chi connectivity index (χ3v) is 20.0. The van der Waals surface area contributed by atoms with Gasteiger partial charge in [0.25, 0.3) is 11.7 Å². The molecule has 1 aliphatic heterocycles. The fraction of sp³-hybridized carbons (Fsp3) is 0.0345. The summed E-state index contributed by atoms with van der Waals surface area (Å²) in [6.07, 6.45) is 0. The van der Waals surface area contributed by atoms with E-state index in [9.17, 15) is 19.2 Å². The maximum atomic E-state index is 11.1. The topological polar surface area (TPSA) is 239 Å². The van der Waals surface area contributed by atoms with Crippen LogP contribution in [-0.2, 0) is 36.9 Å². The maximum absolute atomic E-state index is 11.1. The number of hydrogen-bond acceptors (Lipinski definition) is 16. The number of nitrogens with one attached hydrogen (secondary N) is 1. The van der Waals surface area contributed by atoms with Gasteiger partial charge in [0.1, 0.15) is 10.0 Å². The Balaban J connectivity index is 0.000000234. The fourth-order valence-electron chi connectivity index (χ4n) is 10.3. The van der Waals surface area contributed by atoms with E-state index in [1.54, 1.807) is 83.3 Å². The van der Waals surface area contributed by atoms with E-state index in [0.29, 0.717) is 21.6 Å². The number of benzene rings is 13. The van der Waals surface area contributed by atoms with Crippen molar-refractivity contribution in [1.29, 1.82) is 0 Å². The Bertz CT molecular complexity index is 5160. The van der Waals surface area contributed by atoms with Gasteiger partial charge >= 0.3 is 19.1 Å². The number of thiazole rings is 2. The summed E-state index contributed by atoms with van der Waals surface area (Å²) in [6.45, 7) is 0. The SMILES string of the molecule is C.C.C.Nc1ccc(-c2ccccc2)cc1C(=O)O.Nc1ccccc1S.O=C(O)c1cc(-c2ccccc2)ccc1S.O=C1Nc2ccc(I)cc2C1=O.OB(O)c1ccccc1.Sc1ccc(-c2ccccc2)cc1-c1nc2ccccc2s1.[2HH].[S-]c1ccc(-c2ccccc2)cc1-c1nc2ccccc2s1.[Zn]. The number of carbonyl (C=O) groups is 4. The van der Waals surface area contributed by atoms with Crippen molar-refractivity contribution < 1.29 is 60.3 Å². The molecule has 2 aromatic heterocycles. The van der Waals surface area contributed by atoms with Gasteiger partial charge in [-0.05, 0) is 175 Å². The number of hydrogen-bond donors (Lipinski definition) is 10. The molecule has 15 aromatic rings. The Labute approximate surface area is 693 Å². The second-order valence-corrected chi connectivity index (χ2v) is 28.0. The van der Waals surface area contributed by atoms with Crippen LogP contribution in [0.3, 0.4) is 0 Å². The van der Waals surface area contributed by atoms with Gasteiger partial charge in [0.05, 0.1) is 42.8 Å². The number of rotatable bonds is 9. The summed E-state index contributed by atoms with van der Waals surface area (Å²) in [7, 11) is -1.34. The van der Waals surface area contributed by atoms with Crippen LogP contribution in [0, 0.1) is 3.57 Å². The third-order valence-electron chi connectivity index (χ3n) is 15.7. The Morgan fingerprint density at radius 3 is 1.26 bits per heavy atom. The zero-order valence-corrected chi connectivity index (χ0v) is 66.5. The summed E-state index contributed by atoms with van der Waals surface area (Å²) in [5.41, 5.74) is 26.7. The minimum atomic E-state index is -1.34. The second-order valence-electron chi connectivity index (χ2n) is 22.8. The number of nitrogens with two attached hydrogens (primary N) is 2. The molecule has 0 unspecified atom stereocenters. The van der Waals surface area contributed by atoms with E-state index in [4.69, 9.17) is 54.3 Å². The number of fused-ring (bicyclic) bond motifs is 3. The van der Waals surface area contributed by atoms with Crippen LogP contribution in [0.5, 0.6) is 0 Å². The molecule has 0 spiro atoms. The molecule has 22 heteroatoms. The molecule has 0 saturated heterocycles. The smallest absolute Gasteiger partial charge is 0.488 e. The number of nitrogen functional groups attached to an aromatic ring is 2. The van der Waals surface area contributed by atoms with Crippen LogP contribution in [0.25, 0.3) is 86.1 Å². The Morgan fingerprint density at radius 1 is 0.422 bits per heavy atom. The molecule has 548 valence electrons. The molecule has 0 atom stereocenters. The van der Waals surface area contributed by atoms with Gasteiger partial charge < -0.3 is 49.7 Å². The van der Waals surface area contributed by atoms with Crippen LogP contribution in [0.4, 0.5) is 17.1 Å². The van der Waals surface area contributed by atoms with Crippen molar-refractivity contribution in [2.24, 2.45) is 0 Å². The van der Waals surface area contributed by atoms with Crippen LogP contribution in [-0.4, -0.2) is 61.0 Å². The van der Waals surface area contributed by atoms with Crippen molar-refractivity contribution in [3.05, 3.63) is 336 Å². The number of thiol groups is 3. The Morgan fingerprint density at radius 2 is 0.817 bits per heavy atom. The van der Waals surface area contributed by atoms with Crippen LogP contribution in [0.1, 0.15) is 54.8 Å². The van der Waals surface area contributed by atoms with Gasteiger partial charge in [0, 0.05) is 56.1 Å². The van der Waals surface area contributed by atoms with Crippen molar-refractivity contribution in [3.63, 3.8) is 0 Å². The first kappa shape index (κ1) is 87.8. The second kappa shape index (κ2) is 43.2. The number of halogens is 1. The zero-order valence-electron chi connectivity index (χ0n) is 56.2. The fourth-order valence-corrected chi connectivity index (χ4v) is 13.8. The predicted molar refractivity (Wildman–Crippen MR) is 472 cm³/mol. The van der Waals surface area contributed by atoms with E-state index >= 15 is 0 Å². The summed E-state index contributed by atoms with van der Waals surface area (Å²) < 4.78 is 3.35. The molecule has 0 aliphatic carbocycles. The predicted octanol–water partition coefficient (Wildman–Crippen LogP) is 21.9. The molecule has 1 amide bonds. The van der Waals surface area contributed by atoms with Crippen molar-refractivity contribution in [1.82, 2.24) is 9.97 Å². The average Bonchev–Trinajstić information content (AvgIpc) is 1.62. The zero-order chi connectivity index (χ0) is 74.4. The molecule has 0 saturated carbocycles. The summed E-state index contributed by atoms with van der Waals surface area (Å²) >= 11 is 23.8. The van der Waals surface area contributed by atoms with E-state index in [-0.39, 0.29) is 60.0 Å². The van der Waals surface area contributed by atoms with Crippen LogP contribution in [0.15, 0.2) is 335 Å². The van der Waals surface area contributed by atoms with Gasteiger partial charge in [-0.15, -0.1) is 60.6 Å². The van der Waals surface area contributed by atoms with Gasteiger partial charge in [-0.3, -0.25) is 9.59 Å². The van der Waals surface area contributed by atoms with Crippen molar-refractivity contribution in [2.45, 2.75) is 41.9 Å². The van der Waals surface area contributed by atoms with E-state index in [1.165, 1.54) is 31.7 Å².